The van der Waals surface area contributed by atoms with Gasteiger partial charge in [-0.05, 0) is 31.9 Å². The third-order valence-electron chi connectivity index (χ3n) is 4.53. The van der Waals surface area contributed by atoms with Gasteiger partial charge in [-0.1, -0.05) is 25.0 Å². The first-order chi connectivity index (χ1) is 9.36. The van der Waals surface area contributed by atoms with Crippen LogP contribution in [0.2, 0.25) is 0 Å². The zero-order chi connectivity index (χ0) is 13.1. The molecule has 1 saturated heterocycles. The Balaban J connectivity index is 1.94. The molecule has 1 aliphatic carbocycles. The molecule has 1 N–H and O–H groups in total. The average molecular weight is 260 g/mol. The first kappa shape index (κ1) is 12.8. The minimum Gasteiger partial charge on any atom is -0.492 e. The number of anilines is 1. The number of benzene rings is 1. The van der Waals surface area contributed by atoms with Crippen molar-refractivity contribution in [2.75, 3.05) is 31.1 Å². The Labute approximate surface area is 115 Å². The van der Waals surface area contributed by atoms with Gasteiger partial charge in [-0.25, -0.2) is 0 Å². The summed E-state index contributed by atoms with van der Waals surface area (Å²) in [5, 5.41) is 3.59. The standard InChI is InChI=1S/C16H24N2O/c1-2-19-15-8-4-3-7-14(15)18-12-11-17-13-16(18)9-5-6-10-16/h3-4,7-8,17H,2,5-6,9-13H2,1H3. The van der Waals surface area contributed by atoms with Gasteiger partial charge in [-0.15, -0.1) is 0 Å². The molecule has 1 aromatic rings. The monoisotopic (exact) mass is 260 g/mol. The van der Waals surface area contributed by atoms with Crippen LogP contribution in [0, 0.1) is 0 Å². The Morgan fingerprint density at radius 3 is 2.84 bits per heavy atom. The SMILES string of the molecule is CCOc1ccccc1N1CCNCC12CCCC2. The van der Waals surface area contributed by atoms with Crippen LogP contribution in [-0.4, -0.2) is 31.8 Å². The lowest BCUT2D eigenvalue weighted by molar-refractivity contribution is 0.314. The second-order valence-electron chi connectivity index (χ2n) is 5.66. The number of para-hydroxylation sites is 2. The van der Waals surface area contributed by atoms with Gasteiger partial charge in [-0.3, -0.25) is 0 Å². The van der Waals surface area contributed by atoms with E-state index in [9.17, 15) is 0 Å². The molecule has 0 aromatic heterocycles. The molecule has 1 aromatic carbocycles. The lowest BCUT2D eigenvalue weighted by Crippen LogP contribution is -2.60. The summed E-state index contributed by atoms with van der Waals surface area (Å²) in [6.45, 7) is 6.07. The highest BCUT2D eigenvalue weighted by molar-refractivity contribution is 5.61. The highest BCUT2D eigenvalue weighted by atomic mass is 16.5. The maximum Gasteiger partial charge on any atom is 0.142 e. The number of nitrogens with one attached hydrogen (secondary N) is 1. The minimum absolute atomic E-state index is 0.325. The smallest absolute Gasteiger partial charge is 0.142 e. The molecule has 1 spiro atoms. The van der Waals surface area contributed by atoms with Crippen molar-refractivity contribution >= 4 is 5.69 Å². The van der Waals surface area contributed by atoms with Gasteiger partial charge in [-0.2, -0.15) is 0 Å². The Hall–Kier alpha value is -1.22. The van der Waals surface area contributed by atoms with Crippen molar-refractivity contribution in [3.05, 3.63) is 24.3 Å². The van der Waals surface area contributed by atoms with Crippen molar-refractivity contribution < 1.29 is 4.74 Å². The zero-order valence-electron chi connectivity index (χ0n) is 11.8. The highest BCUT2D eigenvalue weighted by Gasteiger charge is 2.42. The first-order valence-corrected chi connectivity index (χ1v) is 7.56. The molecule has 19 heavy (non-hydrogen) atoms. The molecule has 0 amide bonds. The largest absolute Gasteiger partial charge is 0.492 e. The summed E-state index contributed by atoms with van der Waals surface area (Å²) in [5.74, 6) is 1.04. The molecule has 3 heteroatoms. The van der Waals surface area contributed by atoms with E-state index in [2.05, 4.69) is 41.4 Å². The predicted octanol–water partition coefficient (Wildman–Crippen LogP) is 2.81. The van der Waals surface area contributed by atoms with Gasteiger partial charge in [0.05, 0.1) is 17.8 Å². The molecule has 2 fully saturated rings. The number of rotatable bonds is 3. The third kappa shape index (κ3) is 2.32. The Kier molecular flexibility index (Phi) is 3.65. The van der Waals surface area contributed by atoms with E-state index < -0.39 is 0 Å². The molecule has 2 aliphatic rings. The second-order valence-corrected chi connectivity index (χ2v) is 5.66. The molecule has 104 valence electrons. The van der Waals surface area contributed by atoms with Crippen LogP contribution < -0.4 is 15.0 Å². The summed E-state index contributed by atoms with van der Waals surface area (Å²) in [6.07, 6.45) is 5.32. The second kappa shape index (κ2) is 5.41. The predicted molar refractivity (Wildman–Crippen MR) is 79.0 cm³/mol. The van der Waals surface area contributed by atoms with Crippen LogP contribution in [0.1, 0.15) is 32.6 Å². The lowest BCUT2D eigenvalue weighted by atomic mass is 9.92. The van der Waals surface area contributed by atoms with Crippen LogP contribution in [0.3, 0.4) is 0 Å². The van der Waals surface area contributed by atoms with Crippen molar-refractivity contribution in [2.45, 2.75) is 38.1 Å². The van der Waals surface area contributed by atoms with Gasteiger partial charge < -0.3 is 15.0 Å². The van der Waals surface area contributed by atoms with E-state index in [0.29, 0.717) is 5.54 Å². The minimum atomic E-state index is 0.325. The van der Waals surface area contributed by atoms with Gasteiger partial charge in [0.25, 0.3) is 0 Å². The van der Waals surface area contributed by atoms with Crippen LogP contribution >= 0.6 is 0 Å². The maximum absolute atomic E-state index is 5.83. The van der Waals surface area contributed by atoms with Gasteiger partial charge in [0, 0.05) is 19.6 Å². The van der Waals surface area contributed by atoms with E-state index in [4.69, 9.17) is 4.74 Å². The van der Waals surface area contributed by atoms with Crippen molar-refractivity contribution in [3.63, 3.8) is 0 Å². The summed E-state index contributed by atoms with van der Waals surface area (Å²) >= 11 is 0. The van der Waals surface area contributed by atoms with Crippen LogP contribution in [-0.2, 0) is 0 Å². The van der Waals surface area contributed by atoms with E-state index in [1.807, 2.05) is 0 Å². The molecule has 0 radical (unpaired) electrons. The molecular formula is C16H24N2O. The summed E-state index contributed by atoms with van der Waals surface area (Å²) in [6, 6.07) is 8.51. The number of ether oxygens (including phenoxy) is 1. The number of hydrogen-bond donors (Lipinski definition) is 1. The third-order valence-corrected chi connectivity index (χ3v) is 4.53. The number of piperazine rings is 1. The van der Waals surface area contributed by atoms with Crippen molar-refractivity contribution in [2.24, 2.45) is 0 Å². The first-order valence-electron chi connectivity index (χ1n) is 7.56. The Morgan fingerprint density at radius 1 is 1.26 bits per heavy atom. The van der Waals surface area contributed by atoms with Crippen LogP contribution in [0.4, 0.5) is 5.69 Å². The molecule has 1 aliphatic heterocycles. The van der Waals surface area contributed by atoms with E-state index in [-0.39, 0.29) is 0 Å². The van der Waals surface area contributed by atoms with Crippen molar-refractivity contribution in [3.8, 4) is 5.75 Å². The van der Waals surface area contributed by atoms with Gasteiger partial charge in [0.1, 0.15) is 5.75 Å². The molecular weight excluding hydrogens is 236 g/mol. The van der Waals surface area contributed by atoms with Crippen LogP contribution in [0.15, 0.2) is 24.3 Å². The van der Waals surface area contributed by atoms with E-state index in [1.165, 1.54) is 31.4 Å². The normalized spacial score (nSPS) is 21.8. The number of nitrogens with zero attached hydrogens (tertiary/aromatic N) is 1. The Morgan fingerprint density at radius 2 is 2.05 bits per heavy atom. The summed E-state index contributed by atoms with van der Waals surface area (Å²) in [7, 11) is 0. The zero-order valence-corrected chi connectivity index (χ0v) is 11.8. The van der Waals surface area contributed by atoms with E-state index in [0.717, 1.165) is 32.0 Å². The topological polar surface area (TPSA) is 24.5 Å². The lowest BCUT2D eigenvalue weighted by Gasteiger charge is -2.47. The highest BCUT2D eigenvalue weighted by Crippen LogP contribution is 2.42. The summed E-state index contributed by atoms with van der Waals surface area (Å²) in [5.41, 5.74) is 1.61. The Bertz CT molecular complexity index is 427. The fourth-order valence-electron chi connectivity index (χ4n) is 3.66. The van der Waals surface area contributed by atoms with Crippen molar-refractivity contribution in [1.29, 1.82) is 0 Å². The summed E-state index contributed by atoms with van der Waals surface area (Å²) in [4.78, 5) is 2.61. The van der Waals surface area contributed by atoms with Crippen LogP contribution in [0.5, 0.6) is 5.75 Å². The van der Waals surface area contributed by atoms with Gasteiger partial charge in [0.15, 0.2) is 0 Å². The van der Waals surface area contributed by atoms with E-state index >= 15 is 0 Å². The molecule has 0 atom stereocenters. The van der Waals surface area contributed by atoms with E-state index in [1.54, 1.807) is 0 Å². The molecule has 1 heterocycles. The molecule has 3 nitrogen and oxygen atoms in total. The molecule has 1 saturated carbocycles. The molecule has 0 bridgehead atoms. The molecule has 3 rings (SSSR count). The van der Waals surface area contributed by atoms with Gasteiger partial charge in [0.2, 0.25) is 0 Å². The summed E-state index contributed by atoms with van der Waals surface area (Å²) < 4.78 is 5.83. The average Bonchev–Trinajstić information content (AvgIpc) is 2.90. The maximum atomic E-state index is 5.83. The quantitative estimate of drug-likeness (QED) is 0.904. The molecule has 0 unspecified atom stereocenters. The van der Waals surface area contributed by atoms with Gasteiger partial charge >= 0.3 is 0 Å². The van der Waals surface area contributed by atoms with Crippen molar-refractivity contribution in [1.82, 2.24) is 5.32 Å². The fraction of sp³-hybridized carbons (Fsp3) is 0.625. The van der Waals surface area contributed by atoms with Crippen LogP contribution in [0.25, 0.3) is 0 Å². The number of hydrogen-bond acceptors (Lipinski definition) is 3. The fourth-order valence-corrected chi connectivity index (χ4v) is 3.66.